The molecule has 0 aliphatic carbocycles. The van der Waals surface area contributed by atoms with E-state index in [1.54, 1.807) is 12.1 Å². The minimum absolute atomic E-state index is 0. The lowest BCUT2D eigenvalue weighted by molar-refractivity contribution is -0.121. The fourth-order valence-electron chi connectivity index (χ4n) is 2.59. The summed E-state index contributed by atoms with van der Waals surface area (Å²) in [6.45, 7) is 0.601. The van der Waals surface area contributed by atoms with Crippen LogP contribution < -0.4 is 11.1 Å². The highest BCUT2D eigenvalue weighted by molar-refractivity contribution is 6.30. The minimum atomic E-state index is 0. The van der Waals surface area contributed by atoms with E-state index in [1.807, 2.05) is 36.4 Å². The number of amides is 1. The van der Waals surface area contributed by atoms with Gasteiger partial charge in [-0.1, -0.05) is 28.9 Å². The summed E-state index contributed by atoms with van der Waals surface area (Å²) < 4.78 is 5.24. The second-order valence-electron chi connectivity index (χ2n) is 6.21. The molecule has 2 aromatic carbocycles. The van der Waals surface area contributed by atoms with Crippen LogP contribution >= 0.6 is 24.0 Å². The second-order valence-corrected chi connectivity index (χ2v) is 6.65. The largest absolute Gasteiger partial charge is 0.399 e. The number of carbonyl (C=O) groups is 1. The Labute approximate surface area is 174 Å². The van der Waals surface area contributed by atoms with E-state index in [-0.39, 0.29) is 18.3 Å². The van der Waals surface area contributed by atoms with Gasteiger partial charge in [0.05, 0.1) is 0 Å². The van der Waals surface area contributed by atoms with Crippen LogP contribution in [-0.4, -0.2) is 22.6 Å². The van der Waals surface area contributed by atoms with Gasteiger partial charge in [0, 0.05) is 35.7 Å². The molecule has 0 unspecified atom stereocenters. The summed E-state index contributed by atoms with van der Waals surface area (Å²) in [5, 5.41) is 7.54. The summed E-state index contributed by atoms with van der Waals surface area (Å²) in [6, 6.07) is 14.9. The Morgan fingerprint density at radius 2 is 1.79 bits per heavy atom. The number of hydrogen-bond donors (Lipinski definition) is 2. The first-order chi connectivity index (χ1) is 13.1. The molecule has 6 nitrogen and oxygen atoms in total. The van der Waals surface area contributed by atoms with Crippen LogP contribution in [0.2, 0.25) is 5.02 Å². The number of aromatic nitrogens is 2. The number of halogens is 2. The number of nitrogen functional groups attached to an aromatic ring is 1. The van der Waals surface area contributed by atoms with E-state index < -0.39 is 0 Å². The van der Waals surface area contributed by atoms with Gasteiger partial charge < -0.3 is 15.6 Å². The third-order valence-corrected chi connectivity index (χ3v) is 4.33. The number of hydrogen-bond acceptors (Lipinski definition) is 5. The highest BCUT2D eigenvalue weighted by Crippen LogP contribution is 2.19. The molecule has 8 heteroatoms. The van der Waals surface area contributed by atoms with E-state index in [9.17, 15) is 4.79 Å². The molecule has 0 aliphatic rings. The third-order valence-electron chi connectivity index (χ3n) is 4.08. The molecule has 148 valence electrons. The van der Waals surface area contributed by atoms with Crippen molar-refractivity contribution in [1.29, 1.82) is 0 Å². The van der Waals surface area contributed by atoms with E-state index in [2.05, 4.69) is 15.5 Å². The molecule has 1 heterocycles. The summed E-state index contributed by atoms with van der Waals surface area (Å²) in [7, 11) is 0. The zero-order chi connectivity index (χ0) is 19.1. The molecule has 3 aromatic rings. The van der Waals surface area contributed by atoms with E-state index in [0.29, 0.717) is 42.5 Å². The summed E-state index contributed by atoms with van der Waals surface area (Å²) in [5.41, 5.74) is 8.38. The van der Waals surface area contributed by atoms with Crippen molar-refractivity contribution in [3.63, 3.8) is 0 Å². The van der Waals surface area contributed by atoms with E-state index >= 15 is 0 Å². The number of anilines is 1. The molecular weight excluding hydrogens is 399 g/mol. The van der Waals surface area contributed by atoms with E-state index in [4.69, 9.17) is 21.9 Å². The topological polar surface area (TPSA) is 94.0 Å². The normalized spacial score (nSPS) is 10.3. The van der Waals surface area contributed by atoms with E-state index in [1.165, 1.54) is 0 Å². The maximum Gasteiger partial charge on any atom is 0.226 e. The van der Waals surface area contributed by atoms with Gasteiger partial charge in [-0.2, -0.15) is 4.98 Å². The van der Waals surface area contributed by atoms with Crippen molar-refractivity contribution in [1.82, 2.24) is 15.5 Å². The van der Waals surface area contributed by atoms with Crippen LogP contribution in [0.3, 0.4) is 0 Å². The van der Waals surface area contributed by atoms with Gasteiger partial charge in [-0.3, -0.25) is 4.79 Å². The predicted octanol–water partition coefficient (Wildman–Crippen LogP) is 4.08. The lowest BCUT2D eigenvalue weighted by atomic mass is 10.1. The molecule has 1 aromatic heterocycles. The lowest BCUT2D eigenvalue weighted by Crippen LogP contribution is -2.25. The number of nitrogens with zero attached hydrogens (tertiary/aromatic N) is 2. The zero-order valence-corrected chi connectivity index (χ0v) is 16.8. The molecular formula is C20H22Cl2N4O2. The molecule has 1 amide bonds. The third kappa shape index (κ3) is 6.55. The Bertz CT molecular complexity index is 880. The van der Waals surface area contributed by atoms with Crippen molar-refractivity contribution in [2.75, 3.05) is 12.3 Å². The highest BCUT2D eigenvalue weighted by Gasteiger charge is 2.09. The van der Waals surface area contributed by atoms with Crippen molar-refractivity contribution in [3.8, 4) is 11.4 Å². The van der Waals surface area contributed by atoms with E-state index in [0.717, 1.165) is 23.2 Å². The lowest BCUT2D eigenvalue weighted by Gasteiger charge is -2.05. The smallest absolute Gasteiger partial charge is 0.226 e. The van der Waals surface area contributed by atoms with Crippen LogP contribution in [-0.2, 0) is 17.6 Å². The molecule has 0 radical (unpaired) electrons. The Hall–Kier alpha value is -2.57. The number of aryl methyl sites for hydroxylation is 1. The van der Waals surface area contributed by atoms with Gasteiger partial charge in [-0.05, 0) is 54.8 Å². The first kappa shape index (κ1) is 21.7. The van der Waals surface area contributed by atoms with Gasteiger partial charge in [-0.25, -0.2) is 0 Å². The van der Waals surface area contributed by atoms with Crippen LogP contribution in [0.25, 0.3) is 11.4 Å². The Kier molecular flexibility index (Phi) is 8.29. The molecule has 0 saturated carbocycles. The maximum atomic E-state index is 11.9. The number of nitrogens with two attached hydrogens (primary N) is 1. The predicted molar refractivity (Wildman–Crippen MR) is 112 cm³/mol. The quantitative estimate of drug-likeness (QED) is 0.535. The first-order valence-corrected chi connectivity index (χ1v) is 9.17. The van der Waals surface area contributed by atoms with Crippen molar-refractivity contribution in [3.05, 3.63) is 65.0 Å². The van der Waals surface area contributed by atoms with Gasteiger partial charge >= 0.3 is 0 Å². The average Bonchev–Trinajstić information content (AvgIpc) is 3.13. The maximum absolute atomic E-state index is 11.9. The number of rotatable bonds is 8. The highest BCUT2D eigenvalue weighted by atomic mass is 35.5. The Morgan fingerprint density at radius 3 is 2.50 bits per heavy atom. The van der Waals surface area contributed by atoms with Gasteiger partial charge in [0.1, 0.15) is 0 Å². The molecule has 0 aliphatic heterocycles. The van der Waals surface area contributed by atoms with Crippen molar-refractivity contribution < 1.29 is 9.32 Å². The molecule has 28 heavy (non-hydrogen) atoms. The number of nitrogens with one attached hydrogen (secondary N) is 1. The van der Waals surface area contributed by atoms with Crippen LogP contribution in [0.15, 0.2) is 53.1 Å². The van der Waals surface area contributed by atoms with Gasteiger partial charge in [0.15, 0.2) is 0 Å². The summed E-state index contributed by atoms with van der Waals surface area (Å²) in [5.74, 6) is 1.06. The molecule has 3 rings (SSSR count). The standard InChI is InChI=1S/C20H21ClN4O2.ClH/c21-16-8-6-15(7-9-16)20-24-19(27-25-20)3-1-2-18(26)23-13-12-14-4-10-17(22)11-5-14;/h4-11H,1-3,12-13,22H2,(H,23,26);1H. The summed E-state index contributed by atoms with van der Waals surface area (Å²) in [6.07, 6.45) is 2.41. The van der Waals surface area contributed by atoms with Crippen LogP contribution in [0.4, 0.5) is 5.69 Å². The minimum Gasteiger partial charge on any atom is -0.399 e. The number of benzene rings is 2. The van der Waals surface area contributed by atoms with Crippen molar-refractivity contribution in [2.24, 2.45) is 0 Å². The Morgan fingerprint density at radius 1 is 1.07 bits per heavy atom. The fraction of sp³-hybridized carbons (Fsp3) is 0.250. The summed E-state index contributed by atoms with van der Waals surface area (Å²) >= 11 is 5.87. The van der Waals surface area contributed by atoms with Crippen molar-refractivity contribution >= 4 is 35.6 Å². The van der Waals surface area contributed by atoms with Crippen LogP contribution in [0.1, 0.15) is 24.3 Å². The molecule has 3 N–H and O–H groups in total. The monoisotopic (exact) mass is 420 g/mol. The Balaban J connectivity index is 0.00000280. The molecule has 0 spiro atoms. The van der Waals surface area contributed by atoms with Gasteiger partial charge in [-0.15, -0.1) is 12.4 Å². The van der Waals surface area contributed by atoms with Crippen LogP contribution in [0, 0.1) is 0 Å². The number of carbonyl (C=O) groups excluding carboxylic acids is 1. The molecule has 0 saturated heterocycles. The fourth-order valence-corrected chi connectivity index (χ4v) is 2.72. The SMILES string of the molecule is Cl.Nc1ccc(CCNC(=O)CCCc2nc(-c3ccc(Cl)cc3)no2)cc1. The molecule has 0 atom stereocenters. The van der Waals surface area contributed by atoms with Gasteiger partial charge in [0.2, 0.25) is 17.6 Å². The summed E-state index contributed by atoms with van der Waals surface area (Å²) in [4.78, 5) is 16.3. The van der Waals surface area contributed by atoms with Crippen LogP contribution in [0.5, 0.6) is 0 Å². The second kappa shape index (κ2) is 10.7. The molecule has 0 fully saturated rings. The first-order valence-electron chi connectivity index (χ1n) is 8.80. The molecule has 0 bridgehead atoms. The average molecular weight is 421 g/mol. The van der Waals surface area contributed by atoms with Crippen molar-refractivity contribution in [2.45, 2.75) is 25.7 Å². The zero-order valence-electron chi connectivity index (χ0n) is 15.2. The van der Waals surface area contributed by atoms with Gasteiger partial charge in [0.25, 0.3) is 0 Å².